The summed E-state index contributed by atoms with van der Waals surface area (Å²) in [5.74, 6) is 0. The van der Waals surface area contributed by atoms with Crippen LogP contribution >= 0.6 is 0 Å². The van der Waals surface area contributed by atoms with Crippen LogP contribution in [-0.2, 0) is 14.6 Å². The third-order valence-electron chi connectivity index (χ3n) is 0.799. The van der Waals surface area contributed by atoms with Crippen LogP contribution in [0.4, 0.5) is 0 Å². The van der Waals surface area contributed by atoms with Crippen molar-refractivity contribution >= 4 is 10.4 Å². The van der Waals surface area contributed by atoms with Gasteiger partial charge in [-0.15, -0.1) is 0 Å². The van der Waals surface area contributed by atoms with Crippen LogP contribution in [-0.4, -0.2) is 19.1 Å². The van der Waals surface area contributed by atoms with Crippen molar-refractivity contribution in [1.29, 1.82) is 0 Å². The van der Waals surface area contributed by atoms with Crippen LogP contribution < -0.4 is 29.6 Å². The molecule has 4 nitrogen and oxygen atoms in total. The molecule has 104 valence electrons. The summed E-state index contributed by atoms with van der Waals surface area (Å²) in [4.78, 5) is 0. The standard InChI is InChI=1S/C12H26O4S.Na/c1-3-4-5-6-7-8-9-10-11-12(2)16-17(13,14)15;/h12H,3-11H2,1-2H3,(H,13,14,15);/q;+1/p-1/i1D3,2D3,3D2,4D2,5D2,6D2,7D2,8D2,9D2,10D2,11D2,12D;. The molecule has 0 fully saturated rings. The molecule has 0 spiro atoms. The fraction of sp³-hybridized carbons (Fsp3) is 1.00. The van der Waals surface area contributed by atoms with Crippen molar-refractivity contribution in [3.63, 3.8) is 0 Å². The summed E-state index contributed by atoms with van der Waals surface area (Å²) in [6, 6.07) is 0. The van der Waals surface area contributed by atoms with E-state index in [1.54, 1.807) is 0 Å². The molecule has 0 rings (SSSR count). The van der Waals surface area contributed by atoms with Gasteiger partial charge in [0.15, 0.2) is 0 Å². The van der Waals surface area contributed by atoms with Crippen molar-refractivity contribution in [3.8, 4) is 0 Å². The minimum atomic E-state index is -6.43. The third kappa shape index (κ3) is 16.9. The second kappa shape index (κ2) is 12.9. The van der Waals surface area contributed by atoms with Crippen molar-refractivity contribution in [2.45, 2.75) is 77.1 Å². The van der Waals surface area contributed by atoms with E-state index < -0.39 is 87.5 Å². The number of hydrogen-bond acceptors (Lipinski definition) is 4. The maximum Gasteiger partial charge on any atom is 1.00 e. The Kier molecular flexibility index (Phi) is 2.46. The average Bonchev–Trinajstić information content (AvgIpc) is 2.69. The molecule has 0 aliphatic heterocycles. The first-order chi connectivity index (χ1) is 17.5. The summed E-state index contributed by atoms with van der Waals surface area (Å²) in [6.45, 7) is -8.56. The van der Waals surface area contributed by atoms with Gasteiger partial charge in [-0.3, -0.25) is 4.18 Å². The fourth-order valence-corrected chi connectivity index (χ4v) is 0.644. The molecule has 0 radical (unpaired) electrons. The van der Waals surface area contributed by atoms with E-state index in [9.17, 15) is 13.0 Å². The predicted octanol–water partition coefficient (Wildman–Crippen LogP) is 0.387. The second-order valence-corrected chi connectivity index (χ2v) is 2.93. The molecule has 0 aliphatic carbocycles. The summed E-state index contributed by atoms with van der Waals surface area (Å²) in [7, 11) is -6.43. The van der Waals surface area contributed by atoms with Crippen LogP contribution in [0, 0.1) is 0 Å². The van der Waals surface area contributed by atoms with Crippen molar-refractivity contribution < 1.29 is 81.0 Å². The zero-order chi connectivity index (χ0) is 35.2. The fourth-order valence-electron chi connectivity index (χ4n) is 0.398. The van der Waals surface area contributed by atoms with Gasteiger partial charge < -0.3 is 4.55 Å². The van der Waals surface area contributed by atoms with Gasteiger partial charge in [-0.2, -0.15) is 0 Å². The van der Waals surface area contributed by atoms with Gasteiger partial charge in [-0.05, 0) is 13.2 Å². The van der Waals surface area contributed by atoms with E-state index in [4.69, 9.17) is 34.3 Å². The first-order valence-corrected chi connectivity index (χ1v) is 4.95. The molecule has 0 amide bonds. The minimum Gasteiger partial charge on any atom is -0.726 e. The van der Waals surface area contributed by atoms with E-state index in [-0.39, 0.29) is 29.6 Å². The SMILES string of the molecule is [2H]C([2H])([2H])C([2H])([2H])C([2H])([2H])C([2H])([2H])C([2H])([2H])C([2H])([2H])C([2H])([2H])C([2H])([2H])C([2H])([2H])C([2H])([2H])C([2H])(OS(=O)(=O)[O-])C([2H])([2H])[2H].[Na+]. The Morgan fingerprint density at radius 1 is 1.22 bits per heavy atom. The van der Waals surface area contributed by atoms with Gasteiger partial charge in [0.25, 0.3) is 0 Å². The third-order valence-corrected chi connectivity index (χ3v) is 1.17. The van der Waals surface area contributed by atoms with Gasteiger partial charge in [0, 0.05) is 32.9 Å². The summed E-state index contributed by atoms with van der Waals surface area (Å²) < 4.78 is 229. The smallest absolute Gasteiger partial charge is 0.726 e. The average molecular weight is 314 g/mol. The first kappa shape index (κ1) is 3.44. The van der Waals surface area contributed by atoms with Gasteiger partial charge in [-0.1, -0.05) is 57.8 Å². The molecule has 6 heteroatoms. The Hall–Kier alpha value is 0.870. The molecule has 0 N–H and O–H groups in total. The van der Waals surface area contributed by atoms with E-state index in [0.717, 1.165) is 0 Å². The molecule has 0 bridgehead atoms. The predicted molar refractivity (Wildman–Crippen MR) is 67.5 cm³/mol. The molecule has 0 aliphatic rings. The van der Waals surface area contributed by atoms with Crippen molar-refractivity contribution in [2.75, 3.05) is 0 Å². The summed E-state index contributed by atoms with van der Waals surface area (Å²) in [5, 5.41) is 0. The summed E-state index contributed by atoms with van der Waals surface area (Å²) in [6.07, 6.45) is -48.7. The summed E-state index contributed by atoms with van der Waals surface area (Å²) >= 11 is 0. The normalized spacial score (nSPS) is 43.9. The first-order valence-electron chi connectivity index (χ1n) is 16.1. The molecular formula is C12H25NaO4S. The van der Waals surface area contributed by atoms with Gasteiger partial charge in [0.2, 0.25) is 10.4 Å². The zero-order valence-electron chi connectivity index (χ0n) is 34.0. The Labute approximate surface area is 169 Å². The molecule has 0 saturated carbocycles. The van der Waals surface area contributed by atoms with E-state index in [1.807, 2.05) is 0 Å². The Morgan fingerprint density at radius 2 is 1.78 bits per heavy atom. The molecule has 0 heterocycles. The molecule has 1 unspecified atom stereocenters. The van der Waals surface area contributed by atoms with Gasteiger partial charge in [0.05, 0.1) is 7.45 Å². The molecule has 0 saturated heterocycles. The molecule has 0 aromatic carbocycles. The Balaban J connectivity index is 0. The van der Waals surface area contributed by atoms with Crippen LogP contribution in [0.1, 0.15) is 105 Å². The van der Waals surface area contributed by atoms with Crippen LogP contribution in [0.15, 0.2) is 0 Å². The van der Waals surface area contributed by atoms with E-state index in [2.05, 4.69) is 4.18 Å². The topological polar surface area (TPSA) is 66.4 Å². The molecule has 18 heavy (non-hydrogen) atoms. The van der Waals surface area contributed by atoms with Crippen molar-refractivity contribution in [2.24, 2.45) is 0 Å². The molecule has 0 aromatic rings. The minimum absolute atomic E-state index is 0. The maximum absolute atomic E-state index is 11.1. The van der Waals surface area contributed by atoms with Gasteiger partial charge in [-0.25, -0.2) is 8.42 Å². The molecular weight excluding hydrogens is 263 g/mol. The molecule has 1 atom stereocenters. The van der Waals surface area contributed by atoms with Crippen LogP contribution in [0.5, 0.6) is 0 Å². The van der Waals surface area contributed by atoms with Gasteiger partial charge in [0.1, 0.15) is 0 Å². The van der Waals surface area contributed by atoms with Gasteiger partial charge >= 0.3 is 29.6 Å². The monoisotopic (exact) mass is 313 g/mol. The Bertz CT molecular complexity index is 1120. The summed E-state index contributed by atoms with van der Waals surface area (Å²) in [5.41, 5.74) is 0. The largest absolute Gasteiger partial charge is 1.00 e. The van der Waals surface area contributed by atoms with E-state index in [1.165, 1.54) is 0 Å². The molecule has 0 aromatic heterocycles. The van der Waals surface area contributed by atoms with E-state index in [0.29, 0.717) is 0 Å². The van der Waals surface area contributed by atoms with E-state index >= 15 is 0 Å². The Morgan fingerprint density at radius 3 is 2.28 bits per heavy atom. The van der Waals surface area contributed by atoms with Crippen LogP contribution in [0.25, 0.3) is 0 Å². The van der Waals surface area contributed by atoms with Crippen LogP contribution in [0.2, 0.25) is 0 Å². The quantitative estimate of drug-likeness (QED) is 0.314. The second-order valence-electron chi connectivity index (χ2n) is 1.95. The number of rotatable bonds is 11. The van der Waals surface area contributed by atoms with Crippen LogP contribution in [0.3, 0.4) is 0 Å². The maximum atomic E-state index is 11.1. The van der Waals surface area contributed by atoms with Crippen molar-refractivity contribution in [3.05, 3.63) is 0 Å². The van der Waals surface area contributed by atoms with Crippen molar-refractivity contribution in [1.82, 2.24) is 0 Å². The zero-order valence-corrected chi connectivity index (χ0v) is 11.9. The number of hydrogen-bond donors (Lipinski definition) is 0.